The first-order chi connectivity index (χ1) is 11.3. The van der Waals surface area contributed by atoms with Crippen molar-refractivity contribution in [1.29, 1.82) is 0 Å². The molecule has 0 spiro atoms. The zero-order chi connectivity index (χ0) is 17.9. The summed E-state index contributed by atoms with van der Waals surface area (Å²) in [5.41, 5.74) is -0.783. The molecule has 2 rings (SSSR count). The van der Waals surface area contributed by atoms with Crippen molar-refractivity contribution in [1.82, 2.24) is 5.32 Å². The minimum atomic E-state index is -0.868. The first-order valence-corrected chi connectivity index (χ1v) is 7.17. The molecule has 0 bridgehead atoms. The van der Waals surface area contributed by atoms with Crippen LogP contribution in [0.5, 0.6) is 0 Å². The molecule has 2 aromatic rings. The Morgan fingerprint density at radius 2 is 1.75 bits per heavy atom. The van der Waals surface area contributed by atoms with Crippen molar-refractivity contribution in [2.24, 2.45) is 0 Å². The molecule has 0 aromatic heterocycles. The van der Waals surface area contributed by atoms with Gasteiger partial charge in [0.25, 0.3) is 17.3 Å². The molecule has 24 heavy (non-hydrogen) atoms. The Morgan fingerprint density at radius 1 is 1.12 bits per heavy atom. The van der Waals surface area contributed by atoms with Crippen molar-refractivity contribution in [3.63, 3.8) is 0 Å². The molecule has 1 unspecified atom stereocenters. The van der Waals surface area contributed by atoms with Crippen molar-refractivity contribution in [3.8, 4) is 0 Å². The molecule has 0 aliphatic carbocycles. The summed E-state index contributed by atoms with van der Waals surface area (Å²) in [6.07, 6.45) is 0. The third kappa shape index (κ3) is 3.66. The minimum absolute atomic E-state index is 0.319. The van der Waals surface area contributed by atoms with Gasteiger partial charge in [0.1, 0.15) is 5.02 Å². The van der Waals surface area contributed by atoms with E-state index in [1.165, 1.54) is 0 Å². The lowest BCUT2D eigenvalue weighted by Crippen LogP contribution is -2.27. The normalized spacial score (nSPS) is 11.6. The third-order valence-corrected chi connectivity index (χ3v) is 3.73. The number of nitrogens with one attached hydrogen (secondary N) is 1. The summed E-state index contributed by atoms with van der Waals surface area (Å²) >= 11 is 5.88. The summed E-state index contributed by atoms with van der Waals surface area (Å²) in [7, 11) is 0. The summed E-state index contributed by atoms with van der Waals surface area (Å²) in [5, 5.41) is 24.1. The van der Waals surface area contributed by atoms with E-state index in [1.807, 2.05) is 6.07 Å². The van der Waals surface area contributed by atoms with Crippen molar-refractivity contribution in [2.45, 2.75) is 13.0 Å². The predicted molar refractivity (Wildman–Crippen MR) is 87.1 cm³/mol. The number of nitro benzene ring substituents is 2. The van der Waals surface area contributed by atoms with E-state index in [4.69, 9.17) is 11.6 Å². The van der Waals surface area contributed by atoms with Gasteiger partial charge in [-0.2, -0.15) is 0 Å². The number of hydrogen-bond donors (Lipinski definition) is 1. The molecule has 8 nitrogen and oxygen atoms in total. The van der Waals surface area contributed by atoms with Crippen LogP contribution in [-0.2, 0) is 0 Å². The van der Waals surface area contributed by atoms with Crippen LogP contribution in [0.25, 0.3) is 0 Å². The zero-order valence-corrected chi connectivity index (χ0v) is 13.2. The monoisotopic (exact) mass is 349 g/mol. The lowest BCUT2D eigenvalue weighted by molar-refractivity contribution is -0.394. The first kappa shape index (κ1) is 17.4. The first-order valence-electron chi connectivity index (χ1n) is 6.79. The highest BCUT2D eigenvalue weighted by Crippen LogP contribution is 2.33. The molecule has 0 saturated heterocycles. The highest BCUT2D eigenvalue weighted by molar-refractivity contribution is 6.36. The highest BCUT2D eigenvalue weighted by atomic mass is 35.5. The van der Waals surface area contributed by atoms with Gasteiger partial charge in [0.05, 0.1) is 27.5 Å². The topological polar surface area (TPSA) is 115 Å². The van der Waals surface area contributed by atoms with E-state index >= 15 is 0 Å². The molecule has 0 aliphatic heterocycles. The van der Waals surface area contributed by atoms with Gasteiger partial charge in [-0.3, -0.25) is 25.0 Å². The Kier molecular flexibility index (Phi) is 5.10. The number of non-ortho nitro benzene ring substituents is 1. The fraction of sp³-hybridized carbons (Fsp3) is 0.133. The average molecular weight is 350 g/mol. The SMILES string of the molecule is CC(NC(=O)c1cc([N+](=O)[O-])cc([N+](=O)[O-])c1Cl)c1ccccc1. The second-order valence-electron chi connectivity index (χ2n) is 4.95. The third-order valence-electron chi connectivity index (χ3n) is 3.34. The van der Waals surface area contributed by atoms with Crippen LogP contribution in [0.4, 0.5) is 11.4 Å². The Hall–Kier alpha value is -3.00. The van der Waals surface area contributed by atoms with Gasteiger partial charge >= 0.3 is 0 Å². The standard InChI is InChI=1S/C15H12ClN3O5/c1-9(10-5-3-2-4-6-10)17-15(20)12-7-11(18(21)22)8-13(14(12)16)19(23)24/h2-9H,1H3,(H,17,20). The van der Waals surface area contributed by atoms with Gasteiger partial charge in [0.15, 0.2) is 0 Å². The number of hydrogen-bond acceptors (Lipinski definition) is 5. The van der Waals surface area contributed by atoms with Crippen molar-refractivity contribution >= 4 is 28.9 Å². The predicted octanol–water partition coefficient (Wildman–Crippen LogP) is 3.65. The summed E-state index contributed by atoms with van der Waals surface area (Å²) in [6.45, 7) is 1.72. The van der Waals surface area contributed by atoms with Crippen molar-refractivity contribution < 1.29 is 14.6 Å². The molecule has 124 valence electrons. The number of benzene rings is 2. The van der Waals surface area contributed by atoms with E-state index in [1.54, 1.807) is 31.2 Å². The van der Waals surface area contributed by atoms with Crippen LogP contribution < -0.4 is 5.32 Å². The second kappa shape index (κ2) is 7.05. The van der Waals surface area contributed by atoms with Crippen LogP contribution in [0.15, 0.2) is 42.5 Å². The van der Waals surface area contributed by atoms with E-state index in [9.17, 15) is 25.0 Å². The van der Waals surface area contributed by atoms with Crippen LogP contribution in [0.1, 0.15) is 28.9 Å². The zero-order valence-electron chi connectivity index (χ0n) is 12.4. The largest absolute Gasteiger partial charge is 0.345 e. The van der Waals surface area contributed by atoms with Gasteiger partial charge in [-0.25, -0.2) is 0 Å². The van der Waals surface area contributed by atoms with E-state index in [2.05, 4.69) is 5.32 Å². The van der Waals surface area contributed by atoms with Gasteiger partial charge in [0, 0.05) is 6.07 Å². The molecule has 1 N–H and O–H groups in total. The maximum Gasteiger partial charge on any atom is 0.295 e. The summed E-state index contributed by atoms with van der Waals surface area (Å²) in [6, 6.07) is 10.2. The van der Waals surface area contributed by atoms with Crippen molar-refractivity contribution in [2.75, 3.05) is 0 Å². The molecule has 2 aromatic carbocycles. The van der Waals surface area contributed by atoms with Crippen LogP contribution in [0, 0.1) is 20.2 Å². The van der Waals surface area contributed by atoms with Crippen LogP contribution in [0.2, 0.25) is 5.02 Å². The quantitative estimate of drug-likeness (QED) is 0.653. The molecule has 0 aliphatic rings. The van der Waals surface area contributed by atoms with Gasteiger partial charge in [-0.1, -0.05) is 41.9 Å². The van der Waals surface area contributed by atoms with Gasteiger partial charge in [-0.15, -0.1) is 0 Å². The van der Waals surface area contributed by atoms with E-state index < -0.39 is 38.2 Å². The number of nitrogens with zero attached hydrogens (tertiary/aromatic N) is 2. The highest BCUT2D eigenvalue weighted by Gasteiger charge is 2.26. The Balaban J connectivity index is 2.38. The minimum Gasteiger partial charge on any atom is -0.345 e. The second-order valence-corrected chi connectivity index (χ2v) is 5.32. The average Bonchev–Trinajstić information content (AvgIpc) is 2.55. The van der Waals surface area contributed by atoms with E-state index in [0.29, 0.717) is 0 Å². The molecular weight excluding hydrogens is 338 g/mol. The Bertz CT molecular complexity index is 810. The van der Waals surface area contributed by atoms with Crippen LogP contribution >= 0.6 is 11.6 Å². The molecule has 9 heteroatoms. The summed E-state index contributed by atoms with van der Waals surface area (Å²) in [5.74, 6) is -0.733. The van der Waals surface area contributed by atoms with Crippen LogP contribution in [0.3, 0.4) is 0 Å². The number of nitro groups is 2. The molecule has 0 radical (unpaired) electrons. The van der Waals surface area contributed by atoms with Crippen LogP contribution in [-0.4, -0.2) is 15.8 Å². The molecular formula is C15H12ClN3O5. The molecule has 0 heterocycles. The summed E-state index contributed by atoms with van der Waals surface area (Å²) < 4.78 is 0. The maximum absolute atomic E-state index is 12.4. The molecule has 1 atom stereocenters. The Labute approximate surface area is 141 Å². The number of halogens is 1. The lowest BCUT2D eigenvalue weighted by Gasteiger charge is -2.14. The number of carbonyl (C=O) groups is 1. The maximum atomic E-state index is 12.4. The Morgan fingerprint density at radius 3 is 2.29 bits per heavy atom. The fourth-order valence-electron chi connectivity index (χ4n) is 2.10. The fourth-order valence-corrected chi connectivity index (χ4v) is 2.36. The van der Waals surface area contributed by atoms with E-state index in [0.717, 1.165) is 17.7 Å². The summed E-state index contributed by atoms with van der Waals surface area (Å²) in [4.78, 5) is 32.6. The van der Waals surface area contributed by atoms with E-state index in [-0.39, 0.29) is 5.56 Å². The number of amides is 1. The lowest BCUT2D eigenvalue weighted by atomic mass is 10.1. The van der Waals surface area contributed by atoms with Gasteiger partial charge in [0.2, 0.25) is 0 Å². The molecule has 0 fully saturated rings. The molecule has 0 saturated carbocycles. The smallest absolute Gasteiger partial charge is 0.295 e. The van der Waals surface area contributed by atoms with Gasteiger partial charge in [-0.05, 0) is 12.5 Å². The van der Waals surface area contributed by atoms with Gasteiger partial charge < -0.3 is 5.32 Å². The molecule has 1 amide bonds. The number of rotatable bonds is 5. The van der Waals surface area contributed by atoms with Crippen molar-refractivity contribution in [3.05, 3.63) is 78.8 Å². The number of carbonyl (C=O) groups excluding carboxylic acids is 1.